The zero-order chi connectivity index (χ0) is 12.0. The van der Waals surface area contributed by atoms with E-state index in [1.165, 1.54) is 12.4 Å². The van der Waals surface area contributed by atoms with Gasteiger partial charge in [-0.05, 0) is 6.92 Å². The number of methoxy groups -OCH3 is 1. The number of ether oxygens (including phenoxy) is 1. The van der Waals surface area contributed by atoms with E-state index in [0.717, 1.165) is 0 Å². The molecule has 1 rings (SSSR count). The molecule has 7 heteroatoms. The molecule has 1 unspecified atom stereocenters. The molecule has 0 aromatic carbocycles. The molecule has 0 fully saturated rings. The molecule has 1 heterocycles. The van der Waals surface area contributed by atoms with E-state index in [9.17, 15) is 4.79 Å². The Morgan fingerprint density at radius 3 is 3.00 bits per heavy atom. The number of hydrogen-bond acceptors (Lipinski definition) is 6. The van der Waals surface area contributed by atoms with E-state index in [1.807, 2.05) is 6.92 Å². The molecule has 0 radical (unpaired) electrons. The van der Waals surface area contributed by atoms with Crippen molar-refractivity contribution in [3.05, 3.63) is 18.1 Å². The quantitative estimate of drug-likeness (QED) is 0.462. The molecule has 1 aromatic rings. The number of hydrogen-bond donors (Lipinski definition) is 3. The van der Waals surface area contributed by atoms with Crippen molar-refractivity contribution in [3.63, 3.8) is 0 Å². The lowest BCUT2D eigenvalue weighted by Crippen LogP contribution is -2.32. The molecule has 16 heavy (non-hydrogen) atoms. The molecule has 1 atom stereocenters. The zero-order valence-corrected chi connectivity index (χ0v) is 9.23. The van der Waals surface area contributed by atoms with Crippen molar-refractivity contribution in [2.75, 3.05) is 19.1 Å². The summed E-state index contributed by atoms with van der Waals surface area (Å²) in [5.41, 5.74) is 2.53. The van der Waals surface area contributed by atoms with Crippen LogP contribution < -0.4 is 16.6 Å². The number of rotatable bonds is 5. The third-order valence-electron chi connectivity index (χ3n) is 1.97. The number of nitrogens with zero attached hydrogens (tertiary/aromatic N) is 2. The molecule has 88 valence electrons. The number of hydrazine groups is 1. The maximum atomic E-state index is 11.6. The summed E-state index contributed by atoms with van der Waals surface area (Å²) < 4.78 is 5.00. The number of amides is 1. The predicted molar refractivity (Wildman–Crippen MR) is 58.6 cm³/mol. The number of nitrogen functional groups attached to an aromatic ring is 1. The van der Waals surface area contributed by atoms with Gasteiger partial charge in [-0.25, -0.2) is 10.8 Å². The van der Waals surface area contributed by atoms with Crippen molar-refractivity contribution in [1.82, 2.24) is 15.3 Å². The Kier molecular flexibility index (Phi) is 4.62. The normalized spacial score (nSPS) is 11.9. The largest absolute Gasteiger partial charge is 0.380 e. The first-order chi connectivity index (χ1) is 7.67. The molecule has 0 spiro atoms. The summed E-state index contributed by atoms with van der Waals surface area (Å²) in [6.45, 7) is 2.26. The van der Waals surface area contributed by atoms with Crippen LogP contribution in [0.4, 0.5) is 5.82 Å². The molecule has 4 N–H and O–H groups in total. The highest BCUT2D eigenvalue weighted by Crippen LogP contribution is 1.99. The van der Waals surface area contributed by atoms with Gasteiger partial charge in [-0.2, -0.15) is 0 Å². The summed E-state index contributed by atoms with van der Waals surface area (Å²) >= 11 is 0. The monoisotopic (exact) mass is 225 g/mol. The number of nitrogens with two attached hydrogens (primary N) is 1. The molecule has 0 aliphatic rings. The Balaban J connectivity index is 2.58. The van der Waals surface area contributed by atoms with Crippen LogP contribution in [-0.4, -0.2) is 35.6 Å². The summed E-state index contributed by atoms with van der Waals surface area (Å²) in [6, 6.07) is 0. The van der Waals surface area contributed by atoms with Crippen LogP contribution in [-0.2, 0) is 4.74 Å². The molecule has 0 aliphatic heterocycles. The van der Waals surface area contributed by atoms with Gasteiger partial charge in [0.05, 0.1) is 18.5 Å². The third-order valence-corrected chi connectivity index (χ3v) is 1.97. The highest BCUT2D eigenvalue weighted by atomic mass is 16.5. The van der Waals surface area contributed by atoms with Gasteiger partial charge in [0.15, 0.2) is 5.82 Å². The average Bonchev–Trinajstić information content (AvgIpc) is 2.35. The second kappa shape index (κ2) is 5.99. The Labute approximate surface area is 93.4 Å². The van der Waals surface area contributed by atoms with E-state index in [4.69, 9.17) is 10.6 Å². The van der Waals surface area contributed by atoms with E-state index in [2.05, 4.69) is 20.7 Å². The first-order valence-electron chi connectivity index (χ1n) is 4.77. The SMILES string of the molecule is COC(C)CNC(=O)c1cncc(NN)n1. The number of carbonyl (C=O) groups excluding carboxylic acids is 1. The lowest BCUT2D eigenvalue weighted by atomic mass is 10.3. The molecule has 0 saturated heterocycles. The number of carbonyl (C=O) groups is 1. The minimum atomic E-state index is -0.312. The lowest BCUT2D eigenvalue weighted by Gasteiger charge is -2.10. The summed E-state index contributed by atoms with van der Waals surface area (Å²) in [7, 11) is 1.58. The second-order valence-corrected chi connectivity index (χ2v) is 3.19. The molecule has 0 bridgehead atoms. The minimum Gasteiger partial charge on any atom is -0.380 e. The molecule has 7 nitrogen and oxygen atoms in total. The predicted octanol–water partition coefficient (Wildman–Crippen LogP) is -0.473. The van der Waals surface area contributed by atoms with Crippen LogP contribution in [0.15, 0.2) is 12.4 Å². The Bertz CT molecular complexity index is 358. The molecule has 1 aromatic heterocycles. The fraction of sp³-hybridized carbons (Fsp3) is 0.444. The van der Waals surface area contributed by atoms with Crippen LogP contribution in [0.1, 0.15) is 17.4 Å². The number of aromatic nitrogens is 2. The summed E-state index contributed by atoms with van der Waals surface area (Å²) in [4.78, 5) is 19.4. The van der Waals surface area contributed by atoms with Crippen molar-refractivity contribution < 1.29 is 9.53 Å². The second-order valence-electron chi connectivity index (χ2n) is 3.19. The van der Waals surface area contributed by atoms with Crippen LogP contribution >= 0.6 is 0 Å². The van der Waals surface area contributed by atoms with Gasteiger partial charge in [0.25, 0.3) is 5.91 Å². The molecule has 0 aliphatic carbocycles. The van der Waals surface area contributed by atoms with E-state index in [1.54, 1.807) is 7.11 Å². The standard InChI is InChI=1S/C9H15N5O2/c1-6(16-2)3-12-9(15)7-4-11-5-8(13-7)14-10/h4-6H,3,10H2,1-2H3,(H,12,15)(H,13,14). The first kappa shape index (κ1) is 12.3. The van der Waals surface area contributed by atoms with Gasteiger partial charge in [-0.15, -0.1) is 0 Å². The fourth-order valence-corrected chi connectivity index (χ4v) is 0.955. The van der Waals surface area contributed by atoms with Crippen molar-refractivity contribution in [2.45, 2.75) is 13.0 Å². The van der Waals surface area contributed by atoms with Crippen molar-refractivity contribution >= 4 is 11.7 Å². The molecule has 1 amide bonds. The maximum Gasteiger partial charge on any atom is 0.271 e. The Morgan fingerprint density at radius 2 is 2.38 bits per heavy atom. The topological polar surface area (TPSA) is 102 Å². The van der Waals surface area contributed by atoms with Crippen molar-refractivity contribution in [3.8, 4) is 0 Å². The zero-order valence-electron chi connectivity index (χ0n) is 9.23. The number of nitrogens with one attached hydrogen (secondary N) is 2. The molecular formula is C9H15N5O2. The van der Waals surface area contributed by atoms with Crippen LogP contribution in [0.5, 0.6) is 0 Å². The highest BCUT2D eigenvalue weighted by Gasteiger charge is 2.09. The van der Waals surface area contributed by atoms with E-state index in [0.29, 0.717) is 12.4 Å². The maximum absolute atomic E-state index is 11.6. The summed E-state index contributed by atoms with van der Waals surface area (Å²) in [5, 5.41) is 2.67. The van der Waals surface area contributed by atoms with Gasteiger partial charge >= 0.3 is 0 Å². The average molecular weight is 225 g/mol. The summed E-state index contributed by atoms with van der Waals surface area (Å²) in [6.07, 6.45) is 2.75. The van der Waals surface area contributed by atoms with Crippen molar-refractivity contribution in [1.29, 1.82) is 0 Å². The smallest absolute Gasteiger partial charge is 0.271 e. The van der Waals surface area contributed by atoms with Gasteiger partial charge in [0.1, 0.15) is 5.69 Å². The van der Waals surface area contributed by atoms with Gasteiger partial charge in [0.2, 0.25) is 0 Å². The van der Waals surface area contributed by atoms with E-state index in [-0.39, 0.29) is 17.7 Å². The molecule has 0 saturated carbocycles. The van der Waals surface area contributed by atoms with Gasteiger partial charge in [0, 0.05) is 13.7 Å². The summed E-state index contributed by atoms with van der Waals surface area (Å²) in [5.74, 6) is 5.19. The highest BCUT2D eigenvalue weighted by molar-refractivity contribution is 5.92. The lowest BCUT2D eigenvalue weighted by molar-refractivity contribution is 0.0866. The Hall–Kier alpha value is -1.73. The third kappa shape index (κ3) is 3.44. The first-order valence-corrected chi connectivity index (χ1v) is 4.77. The fourth-order valence-electron chi connectivity index (χ4n) is 0.955. The number of anilines is 1. The minimum absolute atomic E-state index is 0.0484. The van der Waals surface area contributed by atoms with E-state index < -0.39 is 0 Å². The van der Waals surface area contributed by atoms with Crippen molar-refractivity contribution in [2.24, 2.45) is 5.84 Å². The van der Waals surface area contributed by atoms with Crippen LogP contribution in [0, 0.1) is 0 Å². The van der Waals surface area contributed by atoms with Crippen LogP contribution in [0.25, 0.3) is 0 Å². The van der Waals surface area contributed by atoms with Gasteiger partial charge in [-0.1, -0.05) is 0 Å². The Morgan fingerprint density at radius 1 is 1.62 bits per heavy atom. The molecular weight excluding hydrogens is 210 g/mol. The van der Waals surface area contributed by atoms with E-state index >= 15 is 0 Å². The van der Waals surface area contributed by atoms with Crippen LogP contribution in [0.2, 0.25) is 0 Å². The van der Waals surface area contributed by atoms with Gasteiger partial charge in [-0.3, -0.25) is 9.78 Å². The van der Waals surface area contributed by atoms with Crippen LogP contribution in [0.3, 0.4) is 0 Å². The van der Waals surface area contributed by atoms with Gasteiger partial charge < -0.3 is 15.5 Å².